The molecule has 2 amide bonds. The van der Waals surface area contributed by atoms with Gasteiger partial charge in [-0.1, -0.05) is 6.92 Å². The van der Waals surface area contributed by atoms with Crippen LogP contribution in [0.4, 0.5) is 5.69 Å². The molecule has 1 rings (SSSR count). The smallest absolute Gasteiger partial charge is 0.248 e. The number of halogens is 1. The van der Waals surface area contributed by atoms with Crippen LogP contribution in [0.1, 0.15) is 27.6 Å². The number of hydrogen-bond donors (Lipinski definition) is 3. The number of alkyl halides is 1. The van der Waals surface area contributed by atoms with Crippen molar-refractivity contribution < 1.29 is 18.0 Å². The van der Waals surface area contributed by atoms with Crippen LogP contribution in [0, 0.1) is 5.92 Å². The summed E-state index contributed by atoms with van der Waals surface area (Å²) in [7, 11) is -3.67. The molecule has 0 bridgehead atoms. The largest absolute Gasteiger partial charge is 0.366 e. The van der Waals surface area contributed by atoms with Crippen molar-refractivity contribution in [1.29, 1.82) is 0 Å². The summed E-state index contributed by atoms with van der Waals surface area (Å²) in [4.78, 5) is 22.4. The third kappa shape index (κ3) is 5.24. The zero-order valence-corrected chi connectivity index (χ0v) is 12.9. The summed E-state index contributed by atoms with van der Waals surface area (Å²) < 4.78 is 26.1. The predicted octanol–water partition coefficient (Wildman–Crippen LogP) is 0.501. The van der Waals surface area contributed by atoms with Crippen molar-refractivity contribution in [2.75, 3.05) is 16.4 Å². The third-order valence-electron chi connectivity index (χ3n) is 2.54. The first-order chi connectivity index (χ1) is 9.64. The molecule has 0 aromatic heterocycles. The number of nitrogens with one attached hydrogen (secondary N) is 1. The van der Waals surface area contributed by atoms with E-state index in [1.807, 2.05) is 0 Å². The Morgan fingerprint density at radius 3 is 2.05 bits per heavy atom. The highest BCUT2D eigenvalue weighted by Gasteiger charge is 2.17. The normalized spacial score (nSPS) is 12.7. The van der Waals surface area contributed by atoms with E-state index in [0.29, 0.717) is 0 Å². The Kier molecular flexibility index (Phi) is 5.56. The highest BCUT2D eigenvalue weighted by Crippen LogP contribution is 2.17. The van der Waals surface area contributed by atoms with Crippen LogP contribution in [0.25, 0.3) is 0 Å². The number of sulfonamides is 1. The molecule has 0 aliphatic rings. The maximum atomic E-state index is 11.9. The van der Waals surface area contributed by atoms with E-state index in [4.69, 9.17) is 23.1 Å². The van der Waals surface area contributed by atoms with Crippen LogP contribution in [-0.4, -0.2) is 31.9 Å². The summed E-state index contributed by atoms with van der Waals surface area (Å²) >= 11 is 5.58. The minimum atomic E-state index is -3.67. The van der Waals surface area contributed by atoms with Gasteiger partial charge in [-0.15, -0.1) is 11.6 Å². The molecule has 0 saturated heterocycles. The fourth-order valence-electron chi connectivity index (χ4n) is 1.61. The third-order valence-corrected chi connectivity index (χ3v) is 4.62. The van der Waals surface area contributed by atoms with Gasteiger partial charge in [0, 0.05) is 17.0 Å². The van der Waals surface area contributed by atoms with Crippen LogP contribution < -0.4 is 16.2 Å². The number of hydrogen-bond acceptors (Lipinski definition) is 4. The first-order valence-electron chi connectivity index (χ1n) is 5.95. The van der Waals surface area contributed by atoms with E-state index in [2.05, 4.69) is 4.72 Å². The number of primary amides is 2. The molecule has 0 saturated carbocycles. The molecule has 1 aromatic rings. The molecule has 21 heavy (non-hydrogen) atoms. The van der Waals surface area contributed by atoms with Gasteiger partial charge in [-0.05, 0) is 24.1 Å². The van der Waals surface area contributed by atoms with E-state index in [9.17, 15) is 18.0 Å². The lowest BCUT2D eigenvalue weighted by Gasteiger charge is -2.12. The fourth-order valence-corrected chi connectivity index (χ4v) is 3.28. The molecule has 0 aliphatic heterocycles. The second kappa shape index (κ2) is 6.77. The molecule has 5 N–H and O–H groups in total. The summed E-state index contributed by atoms with van der Waals surface area (Å²) in [5.74, 6) is -1.85. The monoisotopic (exact) mass is 333 g/mol. The topological polar surface area (TPSA) is 132 Å². The van der Waals surface area contributed by atoms with Crippen LogP contribution in [0.3, 0.4) is 0 Å². The van der Waals surface area contributed by atoms with Gasteiger partial charge in [0.1, 0.15) is 0 Å². The molecule has 1 unspecified atom stereocenters. The van der Waals surface area contributed by atoms with Crippen molar-refractivity contribution in [2.24, 2.45) is 17.4 Å². The molecular formula is C12H16ClN3O4S. The number of carbonyl (C=O) groups excluding carboxylic acids is 2. The Morgan fingerprint density at radius 2 is 1.67 bits per heavy atom. The van der Waals surface area contributed by atoms with E-state index < -0.39 is 21.8 Å². The number of nitrogens with two attached hydrogens (primary N) is 2. The molecule has 0 heterocycles. The first-order valence-corrected chi connectivity index (χ1v) is 8.14. The molecule has 116 valence electrons. The average Bonchev–Trinajstić information content (AvgIpc) is 2.36. The Bertz CT molecular complexity index is 628. The Balaban J connectivity index is 3.13. The van der Waals surface area contributed by atoms with Crippen LogP contribution in [0.5, 0.6) is 0 Å². The second-order valence-corrected chi connectivity index (χ2v) is 6.75. The van der Waals surface area contributed by atoms with Gasteiger partial charge >= 0.3 is 0 Å². The van der Waals surface area contributed by atoms with Crippen LogP contribution in [0.2, 0.25) is 0 Å². The van der Waals surface area contributed by atoms with Gasteiger partial charge in [0.25, 0.3) is 0 Å². The van der Waals surface area contributed by atoms with Gasteiger partial charge in [0.15, 0.2) is 0 Å². The minimum absolute atomic E-state index is 0.0191. The van der Waals surface area contributed by atoms with Crippen LogP contribution in [-0.2, 0) is 10.0 Å². The molecule has 1 aromatic carbocycles. The molecule has 1 atom stereocenters. The van der Waals surface area contributed by atoms with Gasteiger partial charge in [0.2, 0.25) is 21.8 Å². The number of rotatable bonds is 7. The minimum Gasteiger partial charge on any atom is -0.366 e. The van der Waals surface area contributed by atoms with Crippen molar-refractivity contribution in [2.45, 2.75) is 6.92 Å². The molecule has 0 radical (unpaired) electrons. The molecular weight excluding hydrogens is 318 g/mol. The highest BCUT2D eigenvalue weighted by molar-refractivity contribution is 7.92. The van der Waals surface area contributed by atoms with Crippen LogP contribution >= 0.6 is 11.6 Å². The van der Waals surface area contributed by atoms with E-state index >= 15 is 0 Å². The molecule has 0 spiro atoms. The predicted molar refractivity (Wildman–Crippen MR) is 80.8 cm³/mol. The van der Waals surface area contributed by atoms with Gasteiger partial charge in [-0.2, -0.15) is 0 Å². The van der Waals surface area contributed by atoms with E-state index in [1.165, 1.54) is 18.2 Å². The lowest BCUT2D eigenvalue weighted by molar-refractivity contribution is 0.0999. The summed E-state index contributed by atoms with van der Waals surface area (Å²) in [5, 5.41) is 0. The SMILES string of the molecule is CC(CCl)CS(=O)(=O)Nc1cc(C(N)=O)cc(C(N)=O)c1. The fraction of sp³-hybridized carbons (Fsp3) is 0.333. The second-order valence-electron chi connectivity index (χ2n) is 4.67. The number of anilines is 1. The summed E-state index contributed by atoms with van der Waals surface area (Å²) in [6, 6.07) is 3.67. The maximum Gasteiger partial charge on any atom is 0.248 e. The summed E-state index contributed by atoms with van der Waals surface area (Å²) in [6.07, 6.45) is 0. The van der Waals surface area contributed by atoms with E-state index in [-0.39, 0.29) is 34.4 Å². The zero-order valence-electron chi connectivity index (χ0n) is 11.3. The van der Waals surface area contributed by atoms with Crippen molar-refractivity contribution in [3.05, 3.63) is 29.3 Å². The zero-order chi connectivity index (χ0) is 16.2. The van der Waals surface area contributed by atoms with Gasteiger partial charge in [0.05, 0.1) is 11.4 Å². The van der Waals surface area contributed by atoms with Gasteiger partial charge < -0.3 is 11.5 Å². The van der Waals surface area contributed by atoms with Gasteiger partial charge in [-0.3, -0.25) is 14.3 Å². The quantitative estimate of drug-likeness (QED) is 0.626. The van der Waals surface area contributed by atoms with E-state index in [0.717, 1.165) is 0 Å². The summed E-state index contributed by atoms with van der Waals surface area (Å²) in [6.45, 7) is 1.68. The lowest BCUT2D eigenvalue weighted by Crippen LogP contribution is -2.23. The first kappa shape index (κ1) is 17.3. The number of amides is 2. The number of carbonyl (C=O) groups is 2. The van der Waals surface area contributed by atoms with Crippen molar-refractivity contribution in [3.63, 3.8) is 0 Å². The Labute approximate surface area is 127 Å². The highest BCUT2D eigenvalue weighted by atomic mass is 35.5. The van der Waals surface area contributed by atoms with Crippen molar-refractivity contribution >= 4 is 39.1 Å². The molecule has 0 fully saturated rings. The van der Waals surface area contributed by atoms with Crippen molar-refractivity contribution in [1.82, 2.24) is 0 Å². The average molecular weight is 334 g/mol. The van der Waals surface area contributed by atoms with E-state index in [1.54, 1.807) is 6.92 Å². The Hall–Kier alpha value is -1.80. The molecule has 0 aliphatic carbocycles. The molecule has 7 nitrogen and oxygen atoms in total. The lowest BCUT2D eigenvalue weighted by atomic mass is 10.1. The van der Waals surface area contributed by atoms with Crippen LogP contribution in [0.15, 0.2) is 18.2 Å². The Morgan fingerprint density at radius 1 is 1.19 bits per heavy atom. The summed E-state index contributed by atoms with van der Waals surface area (Å²) in [5.41, 5.74) is 10.3. The standard InChI is InChI=1S/C12H16ClN3O4S/c1-7(5-13)6-21(19,20)16-10-3-8(11(14)17)2-9(4-10)12(15)18/h2-4,7,16H,5-6H2,1H3,(H2,14,17)(H2,15,18). The molecule has 9 heteroatoms. The van der Waals surface area contributed by atoms with Crippen molar-refractivity contribution in [3.8, 4) is 0 Å². The van der Waals surface area contributed by atoms with Gasteiger partial charge in [-0.25, -0.2) is 8.42 Å². The maximum absolute atomic E-state index is 11.9. The number of benzene rings is 1.